The number of nitrogens with zero attached hydrogens (tertiary/aromatic N) is 1. The molecule has 3 aromatic rings. The molecule has 2 aromatic carbocycles. The van der Waals surface area contributed by atoms with Gasteiger partial charge >= 0.3 is 0 Å². The van der Waals surface area contributed by atoms with Crippen LogP contribution in [-0.2, 0) is 5.41 Å². The van der Waals surface area contributed by atoms with Crippen molar-refractivity contribution in [1.82, 2.24) is 9.97 Å². The van der Waals surface area contributed by atoms with Gasteiger partial charge in [-0.25, -0.2) is 4.98 Å². The largest absolute Gasteiger partial charge is 0.398 e. The molecule has 0 aliphatic heterocycles. The van der Waals surface area contributed by atoms with Gasteiger partial charge in [-0.3, -0.25) is 0 Å². The summed E-state index contributed by atoms with van der Waals surface area (Å²) in [7, 11) is 0. The zero-order valence-corrected chi connectivity index (χ0v) is 12.4. The summed E-state index contributed by atoms with van der Waals surface area (Å²) in [5.74, 6) is 1.58. The van der Waals surface area contributed by atoms with Gasteiger partial charge in [0.25, 0.3) is 0 Å². The Hall–Kier alpha value is -2.29. The van der Waals surface area contributed by atoms with Crippen LogP contribution in [0.5, 0.6) is 0 Å². The Morgan fingerprint density at radius 1 is 1.19 bits per heavy atom. The number of nitrogens with one attached hydrogen (secondary N) is 1. The van der Waals surface area contributed by atoms with Gasteiger partial charge in [-0.05, 0) is 41.5 Å². The van der Waals surface area contributed by atoms with Crippen molar-refractivity contribution >= 4 is 16.7 Å². The van der Waals surface area contributed by atoms with Gasteiger partial charge in [0.05, 0.1) is 11.0 Å². The molecule has 1 saturated carbocycles. The van der Waals surface area contributed by atoms with E-state index in [-0.39, 0.29) is 5.41 Å². The Morgan fingerprint density at radius 3 is 2.67 bits per heavy atom. The Morgan fingerprint density at radius 2 is 1.95 bits per heavy atom. The van der Waals surface area contributed by atoms with Crippen molar-refractivity contribution in [3.8, 4) is 11.4 Å². The van der Waals surface area contributed by atoms with Crippen LogP contribution in [0.1, 0.15) is 25.8 Å². The van der Waals surface area contributed by atoms with E-state index in [0.29, 0.717) is 5.92 Å². The van der Waals surface area contributed by atoms with E-state index in [1.807, 2.05) is 36.4 Å². The van der Waals surface area contributed by atoms with Crippen molar-refractivity contribution < 1.29 is 0 Å². The van der Waals surface area contributed by atoms with E-state index in [1.165, 1.54) is 12.0 Å². The van der Waals surface area contributed by atoms with Crippen molar-refractivity contribution in [3.63, 3.8) is 0 Å². The molecule has 3 heteroatoms. The number of H-pyrrole nitrogens is 1. The highest BCUT2D eigenvalue weighted by Crippen LogP contribution is 2.56. The van der Waals surface area contributed by atoms with E-state index < -0.39 is 0 Å². The topological polar surface area (TPSA) is 54.7 Å². The lowest BCUT2D eigenvalue weighted by Crippen LogP contribution is -2.08. The first-order valence-electron chi connectivity index (χ1n) is 7.44. The van der Waals surface area contributed by atoms with Crippen LogP contribution < -0.4 is 5.73 Å². The van der Waals surface area contributed by atoms with Crippen LogP contribution in [0.15, 0.2) is 42.5 Å². The van der Waals surface area contributed by atoms with E-state index in [9.17, 15) is 0 Å². The molecule has 2 unspecified atom stereocenters. The number of fused-ring (bicyclic) bond motifs is 1. The van der Waals surface area contributed by atoms with Crippen molar-refractivity contribution in [2.75, 3.05) is 5.73 Å². The third-order valence-electron chi connectivity index (χ3n) is 5.00. The molecule has 1 fully saturated rings. The van der Waals surface area contributed by atoms with E-state index in [1.54, 1.807) is 0 Å². The summed E-state index contributed by atoms with van der Waals surface area (Å²) in [6, 6.07) is 14.3. The van der Waals surface area contributed by atoms with E-state index in [4.69, 9.17) is 10.7 Å². The average molecular weight is 277 g/mol. The number of anilines is 1. The summed E-state index contributed by atoms with van der Waals surface area (Å²) in [4.78, 5) is 8.15. The molecule has 3 nitrogen and oxygen atoms in total. The monoisotopic (exact) mass is 277 g/mol. The Labute approximate surface area is 124 Å². The van der Waals surface area contributed by atoms with Gasteiger partial charge < -0.3 is 10.7 Å². The highest BCUT2D eigenvalue weighted by atomic mass is 14.9. The number of rotatable bonds is 2. The molecule has 0 radical (unpaired) electrons. The van der Waals surface area contributed by atoms with Crippen LogP contribution >= 0.6 is 0 Å². The normalized spacial score (nSPS) is 24.4. The summed E-state index contributed by atoms with van der Waals surface area (Å²) in [6.45, 7) is 4.62. The molecular weight excluding hydrogens is 258 g/mol. The van der Waals surface area contributed by atoms with Crippen LogP contribution in [0.3, 0.4) is 0 Å². The minimum atomic E-state index is 0.226. The van der Waals surface area contributed by atoms with E-state index in [2.05, 4.69) is 24.9 Å². The third kappa shape index (κ3) is 1.77. The molecule has 0 bridgehead atoms. The summed E-state index contributed by atoms with van der Waals surface area (Å²) in [6.07, 6.45) is 1.21. The molecule has 1 aliphatic carbocycles. The van der Waals surface area contributed by atoms with Gasteiger partial charge in [-0.15, -0.1) is 0 Å². The fourth-order valence-electron chi connectivity index (χ4n) is 3.33. The number of nitrogen functional groups attached to an aromatic ring is 1. The zero-order chi connectivity index (χ0) is 14.6. The van der Waals surface area contributed by atoms with Crippen molar-refractivity contribution in [2.45, 2.75) is 25.7 Å². The Balaban J connectivity index is 1.95. The molecule has 106 valence electrons. The second kappa shape index (κ2) is 4.10. The van der Waals surface area contributed by atoms with Gasteiger partial charge in [0.15, 0.2) is 0 Å². The first-order chi connectivity index (χ1) is 10.1. The number of nitrogens with two attached hydrogens (primary N) is 1. The Bertz CT molecular complexity index is 800. The highest BCUT2D eigenvalue weighted by Gasteiger charge is 2.49. The van der Waals surface area contributed by atoms with Crippen molar-refractivity contribution in [1.29, 1.82) is 0 Å². The molecule has 0 spiro atoms. The average Bonchev–Trinajstić information content (AvgIpc) is 2.92. The highest BCUT2D eigenvalue weighted by molar-refractivity contribution is 5.84. The smallest absolute Gasteiger partial charge is 0.140 e. The number of hydrogen-bond donors (Lipinski definition) is 2. The van der Waals surface area contributed by atoms with Gasteiger partial charge in [-0.2, -0.15) is 0 Å². The third-order valence-corrected chi connectivity index (χ3v) is 5.00. The van der Waals surface area contributed by atoms with Gasteiger partial charge in [0.1, 0.15) is 5.82 Å². The van der Waals surface area contributed by atoms with Crippen LogP contribution in [0.25, 0.3) is 22.4 Å². The fourth-order valence-corrected chi connectivity index (χ4v) is 3.33. The van der Waals surface area contributed by atoms with Gasteiger partial charge in [-0.1, -0.05) is 38.1 Å². The molecule has 3 N–H and O–H groups in total. The van der Waals surface area contributed by atoms with Crippen molar-refractivity contribution in [2.24, 2.45) is 5.92 Å². The summed E-state index contributed by atoms with van der Waals surface area (Å²) >= 11 is 0. The zero-order valence-electron chi connectivity index (χ0n) is 12.4. The first kappa shape index (κ1) is 12.5. The second-order valence-corrected chi connectivity index (χ2v) is 6.39. The lowest BCUT2D eigenvalue weighted by Gasteiger charge is -2.16. The van der Waals surface area contributed by atoms with Crippen LogP contribution in [0.4, 0.5) is 5.69 Å². The summed E-state index contributed by atoms with van der Waals surface area (Å²) in [5, 5.41) is 0. The van der Waals surface area contributed by atoms with E-state index >= 15 is 0 Å². The quantitative estimate of drug-likeness (QED) is 0.693. The van der Waals surface area contributed by atoms with Gasteiger partial charge in [0, 0.05) is 11.3 Å². The maximum absolute atomic E-state index is 6.29. The van der Waals surface area contributed by atoms with Crippen LogP contribution in [-0.4, -0.2) is 9.97 Å². The lowest BCUT2D eigenvalue weighted by atomic mass is 9.90. The molecule has 0 amide bonds. The first-order valence-corrected chi connectivity index (χ1v) is 7.44. The molecule has 1 heterocycles. The predicted molar refractivity (Wildman–Crippen MR) is 87.1 cm³/mol. The molecule has 2 atom stereocenters. The number of hydrogen-bond acceptors (Lipinski definition) is 2. The standard InChI is InChI=1S/C18H19N3/c1-11-10-18(11,2)12-6-5-7-13(19)16(12)17-20-14-8-3-4-9-15(14)21-17/h3-9,11H,10,19H2,1-2H3,(H,20,21). The SMILES string of the molecule is CC1CC1(C)c1cccc(N)c1-c1nc2ccccc2[nH]1. The lowest BCUT2D eigenvalue weighted by molar-refractivity contribution is 0.703. The van der Waals surface area contributed by atoms with Gasteiger partial charge in [0.2, 0.25) is 0 Å². The summed E-state index contributed by atoms with van der Waals surface area (Å²) < 4.78 is 0. The second-order valence-electron chi connectivity index (χ2n) is 6.39. The minimum absolute atomic E-state index is 0.226. The fraction of sp³-hybridized carbons (Fsp3) is 0.278. The molecule has 21 heavy (non-hydrogen) atoms. The number of aromatic amines is 1. The predicted octanol–water partition coefficient (Wildman–Crippen LogP) is 4.11. The number of aromatic nitrogens is 2. The van der Waals surface area contributed by atoms with Crippen LogP contribution in [0, 0.1) is 5.92 Å². The minimum Gasteiger partial charge on any atom is -0.398 e. The molecular formula is C18H19N3. The molecule has 4 rings (SSSR count). The van der Waals surface area contributed by atoms with Crippen molar-refractivity contribution in [3.05, 3.63) is 48.0 Å². The molecule has 0 saturated heterocycles. The summed E-state index contributed by atoms with van der Waals surface area (Å²) in [5.41, 5.74) is 11.7. The Kier molecular flexibility index (Phi) is 2.43. The number of imidazole rings is 1. The number of benzene rings is 2. The molecule has 1 aromatic heterocycles. The van der Waals surface area contributed by atoms with Crippen LogP contribution in [0.2, 0.25) is 0 Å². The maximum atomic E-state index is 6.29. The number of para-hydroxylation sites is 2. The molecule has 1 aliphatic rings. The maximum Gasteiger partial charge on any atom is 0.140 e. The van der Waals surface area contributed by atoms with E-state index in [0.717, 1.165) is 28.1 Å².